The van der Waals surface area contributed by atoms with Crippen molar-refractivity contribution >= 4 is 11.7 Å². The number of nitrogens with two attached hydrogens (primary N) is 1. The van der Waals surface area contributed by atoms with Gasteiger partial charge in [0.2, 0.25) is 5.91 Å². The van der Waals surface area contributed by atoms with E-state index in [0.717, 1.165) is 49.3 Å². The lowest BCUT2D eigenvalue weighted by molar-refractivity contribution is -0.130. The van der Waals surface area contributed by atoms with E-state index in [2.05, 4.69) is 15.0 Å². The van der Waals surface area contributed by atoms with E-state index in [1.165, 1.54) is 0 Å². The fourth-order valence-corrected chi connectivity index (χ4v) is 3.09. The first-order valence-electron chi connectivity index (χ1n) is 7.91. The van der Waals surface area contributed by atoms with E-state index >= 15 is 0 Å². The minimum Gasteiger partial charge on any atom is -0.384 e. The Morgan fingerprint density at radius 2 is 2.13 bits per heavy atom. The fraction of sp³-hybridized carbons (Fsp3) is 0.412. The molecule has 0 aromatic carbocycles. The second-order valence-corrected chi connectivity index (χ2v) is 6.00. The number of piperidine rings is 1. The third kappa shape index (κ3) is 3.64. The number of nitrogen functional groups attached to an aromatic ring is 1. The van der Waals surface area contributed by atoms with Gasteiger partial charge >= 0.3 is 0 Å². The molecule has 6 nitrogen and oxygen atoms in total. The SMILES string of the molecule is CC(=O)N1CCCC(Cc2nccnc2-c2ccc(N)nc2)C1. The third-order valence-electron chi connectivity index (χ3n) is 4.28. The summed E-state index contributed by atoms with van der Waals surface area (Å²) in [4.78, 5) is 26.6. The van der Waals surface area contributed by atoms with E-state index < -0.39 is 0 Å². The molecule has 23 heavy (non-hydrogen) atoms. The summed E-state index contributed by atoms with van der Waals surface area (Å²) < 4.78 is 0. The van der Waals surface area contributed by atoms with Gasteiger partial charge in [-0.25, -0.2) is 4.98 Å². The second kappa shape index (κ2) is 6.73. The monoisotopic (exact) mass is 311 g/mol. The van der Waals surface area contributed by atoms with Gasteiger partial charge in [0.1, 0.15) is 5.82 Å². The van der Waals surface area contributed by atoms with Crippen LogP contribution < -0.4 is 5.73 Å². The molecule has 2 aromatic rings. The summed E-state index contributed by atoms with van der Waals surface area (Å²) in [6, 6.07) is 3.68. The molecule has 1 amide bonds. The first-order valence-corrected chi connectivity index (χ1v) is 7.91. The van der Waals surface area contributed by atoms with E-state index in [9.17, 15) is 4.79 Å². The van der Waals surface area contributed by atoms with Crippen LogP contribution in [0.3, 0.4) is 0 Å². The zero-order chi connectivity index (χ0) is 16.2. The van der Waals surface area contributed by atoms with Gasteiger partial charge in [0, 0.05) is 44.2 Å². The smallest absolute Gasteiger partial charge is 0.219 e. The molecular weight excluding hydrogens is 290 g/mol. The Labute approximate surface area is 135 Å². The summed E-state index contributed by atoms with van der Waals surface area (Å²) >= 11 is 0. The molecule has 1 unspecified atom stereocenters. The van der Waals surface area contributed by atoms with Crippen LogP contribution in [0.1, 0.15) is 25.5 Å². The molecule has 0 aliphatic carbocycles. The van der Waals surface area contributed by atoms with Crippen molar-refractivity contribution in [2.24, 2.45) is 5.92 Å². The number of carbonyl (C=O) groups excluding carboxylic acids is 1. The molecule has 2 aromatic heterocycles. The lowest BCUT2D eigenvalue weighted by Crippen LogP contribution is -2.39. The summed E-state index contributed by atoms with van der Waals surface area (Å²) in [5, 5.41) is 0. The van der Waals surface area contributed by atoms with Crippen LogP contribution in [0, 0.1) is 5.92 Å². The topological polar surface area (TPSA) is 85.0 Å². The van der Waals surface area contributed by atoms with Gasteiger partial charge in [0.25, 0.3) is 0 Å². The Balaban J connectivity index is 1.80. The van der Waals surface area contributed by atoms with E-state index in [0.29, 0.717) is 11.7 Å². The zero-order valence-corrected chi connectivity index (χ0v) is 13.3. The molecule has 3 heterocycles. The first kappa shape index (κ1) is 15.4. The highest BCUT2D eigenvalue weighted by Gasteiger charge is 2.23. The lowest BCUT2D eigenvalue weighted by Gasteiger charge is -2.32. The van der Waals surface area contributed by atoms with Crippen LogP contribution in [0.15, 0.2) is 30.7 Å². The Morgan fingerprint density at radius 3 is 2.87 bits per heavy atom. The normalized spacial score (nSPS) is 18.0. The Kier molecular flexibility index (Phi) is 4.50. The molecule has 1 atom stereocenters. The summed E-state index contributed by atoms with van der Waals surface area (Å²) in [6.45, 7) is 3.29. The van der Waals surface area contributed by atoms with Crippen LogP contribution in [0.2, 0.25) is 0 Å². The molecule has 0 spiro atoms. The molecule has 6 heteroatoms. The maximum absolute atomic E-state index is 11.6. The molecule has 0 bridgehead atoms. The number of likely N-dealkylation sites (tertiary alicyclic amines) is 1. The van der Waals surface area contributed by atoms with Gasteiger partial charge < -0.3 is 10.6 Å². The molecule has 2 N–H and O–H groups in total. The van der Waals surface area contributed by atoms with E-state index in [1.54, 1.807) is 31.6 Å². The standard InChI is InChI=1S/C17H21N5O/c1-12(23)22-8-2-3-13(11-22)9-15-17(20-7-6-19-15)14-4-5-16(18)21-10-14/h4-7,10,13H,2-3,8-9,11H2,1H3,(H2,18,21). The molecule has 0 saturated carbocycles. The highest BCUT2D eigenvalue weighted by molar-refractivity contribution is 5.73. The average Bonchev–Trinajstić information content (AvgIpc) is 2.56. The van der Waals surface area contributed by atoms with E-state index in [-0.39, 0.29) is 5.91 Å². The van der Waals surface area contributed by atoms with Crippen LogP contribution in [0.25, 0.3) is 11.3 Å². The van der Waals surface area contributed by atoms with Crippen molar-refractivity contribution in [2.45, 2.75) is 26.2 Å². The molecular formula is C17H21N5O. The molecule has 1 fully saturated rings. The van der Waals surface area contributed by atoms with Crippen LogP contribution in [-0.2, 0) is 11.2 Å². The van der Waals surface area contributed by atoms with Crippen LogP contribution in [0.5, 0.6) is 0 Å². The van der Waals surface area contributed by atoms with Crippen molar-refractivity contribution in [3.8, 4) is 11.3 Å². The van der Waals surface area contributed by atoms with Crippen molar-refractivity contribution < 1.29 is 4.79 Å². The molecule has 0 radical (unpaired) electrons. The maximum Gasteiger partial charge on any atom is 0.219 e. The molecule has 1 aliphatic rings. The predicted molar refractivity (Wildman–Crippen MR) is 88.4 cm³/mol. The van der Waals surface area contributed by atoms with Gasteiger partial charge in [-0.15, -0.1) is 0 Å². The summed E-state index contributed by atoms with van der Waals surface area (Å²) in [5.41, 5.74) is 8.37. The highest BCUT2D eigenvalue weighted by atomic mass is 16.2. The number of nitrogens with zero attached hydrogens (tertiary/aromatic N) is 4. The second-order valence-electron chi connectivity index (χ2n) is 6.00. The number of pyridine rings is 1. The van der Waals surface area contributed by atoms with Crippen molar-refractivity contribution in [3.05, 3.63) is 36.4 Å². The fourth-order valence-electron chi connectivity index (χ4n) is 3.09. The number of amides is 1. The van der Waals surface area contributed by atoms with Crippen molar-refractivity contribution in [2.75, 3.05) is 18.8 Å². The first-order chi connectivity index (χ1) is 11.1. The Hall–Kier alpha value is -2.50. The zero-order valence-electron chi connectivity index (χ0n) is 13.3. The molecule has 3 rings (SSSR count). The highest BCUT2D eigenvalue weighted by Crippen LogP contribution is 2.25. The number of hydrogen-bond donors (Lipinski definition) is 1. The van der Waals surface area contributed by atoms with Gasteiger partial charge in [-0.1, -0.05) is 0 Å². The van der Waals surface area contributed by atoms with Gasteiger partial charge in [-0.2, -0.15) is 0 Å². The minimum absolute atomic E-state index is 0.150. The quantitative estimate of drug-likeness (QED) is 0.936. The molecule has 1 saturated heterocycles. The van der Waals surface area contributed by atoms with Gasteiger partial charge in [0.15, 0.2) is 0 Å². The Morgan fingerprint density at radius 1 is 1.30 bits per heavy atom. The lowest BCUT2D eigenvalue weighted by atomic mass is 9.92. The van der Waals surface area contributed by atoms with E-state index in [4.69, 9.17) is 5.73 Å². The number of carbonyl (C=O) groups is 1. The molecule has 120 valence electrons. The third-order valence-corrected chi connectivity index (χ3v) is 4.28. The van der Waals surface area contributed by atoms with E-state index in [1.807, 2.05) is 11.0 Å². The van der Waals surface area contributed by atoms with Gasteiger partial charge in [0.05, 0.1) is 11.4 Å². The summed E-state index contributed by atoms with van der Waals surface area (Å²) in [5.74, 6) is 1.06. The number of rotatable bonds is 3. The summed E-state index contributed by atoms with van der Waals surface area (Å²) in [7, 11) is 0. The van der Waals surface area contributed by atoms with Crippen molar-refractivity contribution in [1.29, 1.82) is 0 Å². The number of aromatic nitrogens is 3. The Bertz CT molecular complexity index is 686. The predicted octanol–water partition coefficient (Wildman–Crippen LogP) is 1.92. The summed E-state index contributed by atoms with van der Waals surface area (Å²) in [6.07, 6.45) is 8.11. The van der Waals surface area contributed by atoms with Crippen LogP contribution in [0.4, 0.5) is 5.82 Å². The van der Waals surface area contributed by atoms with Crippen molar-refractivity contribution in [3.63, 3.8) is 0 Å². The van der Waals surface area contributed by atoms with Crippen LogP contribution >= 0.6 is 0 Å². The van der Waals surface area contributed by atoms with Crippen LogP contribution in [-0.4, -0.2) is 38.8 Å². The largest absolute Gasteiger partial charge is 0.384 e. The van der Waals surface area contributed by atoms with Gasteiger partial charge in [-0.05, 0) is 37.3 Å². The number of anilines is 1. The van der Waals surface area contributed by atoms with Crippen molar-refractivity contribution in [1.82, 2.24) is 19.9 Å². The average molecular weight is 311 g/mol. The molecule has 1 aliphatic heterocycles. The number of hydrogen-bond acceptors (Lipinski definition) is 5. The minimum atomic E-state index is 0.150. The van der Waals surface area contributed by atoms with Gasteiger partial charge in [-0.3, -0.25) is 14.8 Å². The maximum atomic E-state index is 11.6.